The Hall–Kier alpha value is -2.28. The Morgan fingerprint density at radius 2 is 1.53 bits per heavy atom. The van der Waals surface area contributed by atoms with E-state index >= 15 is 0 Å². The molecule has 0 aliphatic rings. The molecule has 6 heteroatoms. The van der Waals surface area contributed by atoms with Crippen molar-refractivity contribution in [3.63, 3.8) is 0 Å². The average molecular weight is 436 g/mol. The van der Waals surface area contributed by atoms with Crippen LogP contribution in [0.15, 0.2) is 65.6 Å². The molecule has 3 N–H and O–H groups in total. The number of para-hydroxylation sites is 2. The molecule has 0 aliphatic carbocycles. The molecule has 0 radical (unpaired) electrons. The van der Waals surface area contributed by atoms with E-state index in [4.69, 9.17) is 10.7 Å². The lowest BCUT2D eigenvalue weighted by Crippen LogP contribution is -2.16. The second kappa shape index (κ2) is 9.69. The Balaban J connectivity index is 1.58. The van der Waals surface area contributed by atoms with Gasteiger partial charge in [0.25, 0.3) is 0 Å². The number of anilines is 1. The molecule has 4 rings (SSSR count). The Bertz CT molecular complexity index is 1160. The second-order valence-corrected chi connectivity index (χ2v) is 11.3. The van der Waals surface area contributed by atoms with Gasteiger partial charge < -0.3 is 11.1 Å². The zero-order chi connectivity index (χ0) is 20.9. The highest BCUT2D eigenvalue weighted by Crippen LogP contribution is 2.32. The summed E-state index contributed by atoms with van der Waals surface area (Å²) in [5.41, 5.74) is 11.2. The van der Waals surface area contributed by atoms with Crippen molar-refractivity contribution < 1.29 is 0 Å². The maximum absolute atomic E-state index is 5.84. The van der Waals surface area contributed by atoms with Crippen LogP contribution < -0.4 is 11.1 Å². The summed E-state index contributed by atoms with van der Waals surface area (Å²) in [6, 6.07) is 21.1. The SMILES string of the molecule is Cc1cc(NCC[S+](SCCN)c2cc(C)nc3ccccc23)c2ccccc2n1. The van der Waals surface area contributed by atoms with Gasteiger partial charge in [0.2, 0.25) is 0 Å². The first-order chi connectivity index (χ1) is 14.7. The van der Waals surface area contributed by atoms with E-state index in [2.05, 4.69) is 71.8 Å². The summed E-state index contributed by atoms with van der Waals surface area (Å²) in [5, 5.41) is 6.09. The number of fused-ring (bicyclic) bond motifs is 2. The molecule has 0 saturated carbocycles. The number of aromatic nitrogens is 2. The first-order valence-corrected chi connectivity index (χ1v) is 13.1. The molecule has 1 unspecified atom stereocenters. The van der Waals surface area contributed by atoms with Crippen LogP contribution >= 0.6 is 10.8 Å². The maximum Gasteiger partial charge on any atom is 0.179 e. The molecule has 2 aromatic heterocycles. The topological polar surface area (TPSA) is 63.8 Å². The number of hydrogen-bond acceptors (Lipinski definition) is 5. The third-order valence-electron chi connectivity index (χ3n) is 4.84. The number of benzene rings is 2. The number of nitrogens with zero attached hydrogens (tertiary/aromatic N) is 2. The molecule has 0 fully saturated rings. The van der Waals surface area contributed by atoms with Crippen molar-refractivity contribution in [2.24, 2.45) is 5.73 Å². The molecule has 4 aromatic rings. The van der Waals surface area contributed by atoms with Gasteiger partial charge in [-0.2, -0.15) is 0 Å². The van der Waals surface area contributed by atoms with E-state index in [1.807, 2.05) is 23.8 Å². The first-order valence-electron chi connectivity index (χ1n) is 10.2. The predicted octanol–water partition coefficient (Wildman–Crippen LogP) is 5.10. The zero-order valence-electron chi connectivity index (χ0n) is 17.4. The molecule has 0 aliphatic heterocycles. The molecule has 4 nitrogen and oxygen atoms in total. The lowest BCUT2D eigenvalue weighted by molar-refractivity contribution is 1.15. The fourth-order valence-corrected chi connectivity index (χ4v) is 7.63. The summed E-state index contributed by atoms with van der Waals surface area (Å²) in [6.07, 6.45) is 0. The standard InChI is InChI=1S/C24H27N4S2/c1-17-15-23(19-7-3-5-9-21(19)27-17)26-12-14-30(29-13-11-25)24-16-18(2)28-22-10-6-4-8-20(22)24/h3-10,15-16H,11-14,25H2,1-2H3,(H,26,27)/q+1. The molecule has 0 bridgehead atoms. The maximum atomic E-state index is 5.84. The number of rotatable bonds is 8. The normalized spacial score (nSPS) is 12.4. The van der Waals surface area contributed by atoms with Crippen LogP contribution in [-0.2, 0) is 9.93 Å². The van der Waals surface area contributed by atoms with Crippen LogP contribution in [0.2, 0.25) is 0 Å². The summed E-state index contributed by atoms with van der Waals surface area (Å²) in [6.45, 7) is 5.71. The molecular formula is C24H27N4S2+. The summed E-state index contributed by atoms with van der Waals surface area (Å²) < 4.78 is 0. The minimum atomic E-state index is 0.0332. The molecule has 0 amide bonds. The fraction of sp³-hybridized carbons (Fsp3) is 0.250. The Kier molecular flexibility index (Phi) is 6.77. The number of nitrogens with two attached hydrogens (primary N) is 1. The predicted molar refractivity (Wildman–Crippen MR) is 133 cm³/mol. The third kappa shape index (κ3) is 4.72. The molecule has 0 saturated heterocycles. The van der Waals surface area contributed by atoms with Gasteiger partial charge in [-0.25, -0.2) is 0 Å². The van der Waals surface area contributed by atoms with E-state index < -0.39 is 0 Å². The van der Waals surface area contributed by atoms with Crippen LogP contribution in [0.25, 0.3) is 21.8 Å². The quantitative estimate of drug-likeness (QED) is 0.298. The largest absolute Gasteiger partial charge is 0.380 e. The monoisotopic (exact) mass is 435 g/mol. The average Bonchev–Trinajstić information content (AvgIpc) is 2.75. The van der Waals surface area contributed by atoms with Crippen LogP contribution in [0, 0.1) is 13.8 Å². The van der Waals surface area contributed by atoms with Gasteiger partial charge in [0.15, 0.2) is 4.90 Å². The van der Waals surface area contributed by atoms with Crippen LogP contribution in [-0.4, -0.2) is 34.6 Å². The van der Waals surface area contributed by atoms with Gasteiger partial charge >= 0.3 is 0 Å². The van der Waals surface area contributed by atoms with Gasteiger partial charge in [-0.05, 0) is 38.1 Å². The van der Waals surface area contributed by atoms with Gasteiger partial charge in [0.1, 0.15) is 5.75 Å². The number of aryl methyl sites for hydroxylation is 2. The second-order valence-electron chi connectivity index (χ2n) is 7.19. The van der Waals surface area contributed by atoms with E-state index in [-0.39, 0.29) is 9.93 Å². The fourth-order valence-electron chi connectivity index (χ4n) is 3.57. The molecule has 2 heterocycles. The van der Waals surface area contributed by atoms with Crippen molar-refractivity contribution in [3.8, 4) is 0 Å². The summed E-state index contributed by atoms with van der Waals surface area (Å²) in [7, 11) is 2.00. The lowest BCUT2D eigenvalue weighted by Gasteiger charge is -2.12. The van der Waals surface area contributed by atoms with Crippen molar-refractivity contribution in [2.75, 3.05) is 29.9 Å². The Morgan fingerprint density at radius 1 is 0.900 bits per heavy atom. The molecule has 154 valence electrons. The van der Waals surface area contributed by atoms with Crippen molar-refractivity contribution in [1.82, 2.24) is 9.97 Å². The van der Waals surface area contributed by atoms with Crippen LogP contribution in [0.3, 0.4) is 0 Å². The molecule has 30 heavy (non-hydrogen) atoms. The van der Waals surface area contributed by atoms with E-state index in [1.54, 1.807) is 0 Å². The molecular weight excluding hydrogens is 408 g/mol. The highest BCUT2D eigenvalue weighted by molar-refractivity contribution is 8.74. The number of nitrogens with one attached hydrogen (secondary N) is 1. The number of pyridine rings is 2. The van der Waals surface area contributed by atoms with Gasteiger partial charge in [0, 0.05) is 35.1 Å². The van der Waals surface area contributed by atoms with Crippen molar-refractivity contribution >= 4 is 48.2 Å². The first kappa shape index (κ1) is 21.0. The van der Waals surface area contributed by atoms with Gasteiger partial charge in [-0.15, -0.1) is 0 Å². The minimum Gasteiger partial charge on any atom is -0.380 e. The molecule has 1 atom stereocenters. The Labute approximate surface area is 184 Å². The van der Waals surface area contributed by atoms with Crippen LogP contribution in [0.5, 0.6) is 0 Å². The van der Waals surface area contributed by atoms with E-state index in [0.717, 1.165) is 46.2 Å². The highest BCUT2D eigenvalue weighted by Gasteiger charge is 2.27. The summed E-state index contributed by atoms with van der Waals surface area (Å²) in [5.74, 6) is 1.99. The van der Waals surface area contributed by atoms with Crippen molar-refractivity contribution in [1.29, 1.82) is 0 Å². The highest BCUT2D eigenvalue weighted by atomic mass is 33.1. The van der Waals surface area contributed by atoms with Crippen LogP contribution in [0.4, 0.5) is 5.69 Å². The van der Waals surface area contributed by atoms with E-state index in [9.17, 15) is 0 Å². The summed E-state index contributed by atoms with van der Waals surface area (Å²) in [4.78, 5) is 10.8. The summed E-state index contributed by atoms with van der Waals surface area (Å²) >= 11 is 0. The third-order valence-corrected chi connectivity index (χ3v) is 9.32. The molecule has 2 aromatic carbocycles. The Morgan fingerprint density at radius 3 is 2.27 bits per heavy atom. The van der Waals surface area contributed by atoms with Gasteiger partial charge in [-0.3, -0.25) is 9.97 Å². The van der Waals surface area contributed by atoms with Gasteiger partial charge in [0.05, 0.1) is 49.4 Å². The van der Waals surface area contributed by atoms with E-state index in [0.29, 0.717) is 6.54 Å². The van der Waals surface area contributed by atoms with Crippen molar-refractivity contribution in [3.05, 3.63) is 72.1 Å². The van der Waals surface area contributed by atoms with E-state index in [1.165, 1.54) is 15.7 Å². The smallest absolute Gasteiger partial charge is 0.179 e. The minimum absolute atomic E-state index is 0.0332. The zero-order valence-corrected chi connectivity index (χ0v) is 19.0. The lowest BCUT2D eigenvalue weighted by atomic mass is 10.1. The van der Waals surface area contributed by atoms with Gasteiger partial charge in [-0.1, -0.05) is 30.3 Å². The van der Waals surface area contributed by atoms with Crippen LogP contribution in [0.1, 0.15) is 11.4 Å². The number of hydrogen-bond donors (Lipinski definition) is 2. The van der Waals surface area contributed by atoms with Crippen molar-refractivity contribution in [2.45, 2.75) is 18.7 Å². The molecule has 0 spiro atoms.